The molecular formula is C12H23F6N5O6OsS2. The standard InChI is InChI=1S/C10H8.2CHF3O3S.5H3N.Os/c1-2-6-10-8-4-3-7-9(10)5-1;2*2-1(3,4)8(5,6)7;;;;;;/h1-8H;2*(H,5,6,7);5*1H3;/q;;;;;;;;+2/p-2. The van der Waals surface area contributed by atoms with Crippen LogP contribution < -0.4 is 30.8 Å². The van der Waals surface area contributed by atoms with E-state index in [0.717, 1.165) is 0 Å². The normalized spacial score (nSPS) is 10.1. The van der Waals surface area contributed by atoms with Gasteiger partial charge >= 0.3 is 30.8 Å². The molecule has 20 heteroatoms. The second-order valence-corrected chi connectivity index (χ2v) is 6.89. The van der Waals surface area contributed by atoms with Crippen molar-refractivity contribution >= 4 is 31.0 Å². The molecule has 0 spiro atoms. The van der Waals surface area contributed by atoms with Crippen molar-refractivity contribution in [2.24, 2.45) is 0 Å². The van der Waals surface area contributed by atoms with Gasteiger partial charge in [-0.05, 0) is 10.8 Å². The van der Waals surface area contributed by atoms with E-state index in [1.54, 1.807) is 0 Å². The topological polar surface area (TPSA) is 289 Å². The van der Waals surface area contributed by atoms with Crippen LogP contribution in [0.1, 0.15) is 0 Å². The van der Waals surface area contributed by atoms with E-state index in [2.05, 4.69) is 48.5 Å². The van der Waals surface area contributed by atoms with Gasteiger partial charge in [-0.25, -0.2) is 16.8 Å². The molecule has 0 unspecified atom stereocenters. The van der Waals surface area contributed by atoms with Gasteiger partial charge in [-0.3, -0.25) is 0 Å². The molecule has 0 fully saturated rings. The average molecular weight is 702 g/mol. The maximum absolute atomic E-state index is 10.7. The molecule has 0 aliphatic carbocycles. The van der Waals surface area contributed by atoms with Crippen molar-refractivity contribution in [3.8, 4) is 0 Å². The SMILES string of the molecule is N.N.N.N.N.O=S(=O)([O-])C(F)(F)F.O=S(=O)([O-])C(F)(F)F.[Os+2].c1ccc2ccccc2c1. The molecule has 2 aromatic carbocycles. The monoisotopic (exact) mass is 703 g/mol. The van der Waals surface area contributed by atoms with Gasteiger partial charge in [0.2, 0.25) is 0 Å². The van der Waals surface area contributed by atoms with Crippen molar-refractivity contribution in [1.82, 2.24) is 30.8 Å². The number of rotatable bonds is 0. The Labute approximate surface area is 193 Å². The molecule has 0 aliphatic rings. The Morgan fingerprint density at radius 1 is 0.531 bits per heavy atom. The summed E-state index contributed by atoms with van der Waals surface area (Å²) in [7, 11) is -12.2. The van der Waals surface area contributed by atoms with Crippen molar-refractivity contribution in [1.29, 1.82) is 0 Å². The molecule has 2 rings (SSSR count). The first-order valence-corrected chi connectivity index (χ1v) is 8.76. The van der Waals surface area contributed by atoms with E-state index in [9.17, 15) is 26.3 Å². The number of benzene rings is 2. The Hall–Kier alpha value is -1.46. The number of halogens is 6. The van der Waals surface area contributed by atoms with E-state index >= 15 is 0 Å². The molecule has 0 saturated heterocycles. The fourth-order valence-corrected chi connectivity index (χ4v) is 1.13. The number of hydrogen-bond donors (Lipinski definition) is 5. The Morgan fingerprint density at radius 3 is 0.750 bits per heavy atom. The molecule has 194 valence electrons. The summed E-state index contributed by atoms with van der Waals surface area (Å²) in [6, 6.07) is 16.7. The van der Waals surface area contributed by atoms with Crippen LogP contribution in [0, 0.1) is 0 Å². The van der Waals surface area contributed by atoms with Gasteiger partial charge in [-0.15, -0.1) is 0 Å². The molecule has 0 bridgehead atoms. The van der Waals surface area contributed by atoms with Gasteiger partial charge in [0.25, 0.3) is 0 Å². The number of hydrogen-bond acceptors (Lipinski definition) is 11. The fourth-order valence-electron chi connectivity index (χ4n) is 1.13. The second-order valence-electron chi connectivity index (χ2n) is 4.15. The van der Waals surface area contributed by atoms with Crippen LogP contribution in [0.5, 0.6) is 0 Å². The quantitative estimate of drug-likeness (QED) is 0.150. The average Bonchev–Trinajstić information content (AvgIpc) is 2.44. The van der Waals surface area contributed by atoms with Gasteiger partial charge in [0.15, 0.2) is 20.2 Å². The van der Waals surface area contributed by atoms with Crippen molar-refractivity contribution in [2.45, 2.75) is 11.0 Å². The van der Waals surface area contributed by atoms with Crippen LogP contribution >= 0.6 is 0 Å². The summed E-state index contributed by atoms with van der Waals surface area (Å²) in [5.41, 5.74) is -11.3. The molecule has 0 aromatic heterocycles. The third-order valence-electron chi connectivity index (χ3n) is 2.23. The predicted molar refractivity (Wildman–Crippen MR) is 101 cm³/mol. The van der Waals surface area contributed by atoms with Crippen molar-refractivity contribution in [3.63, 3.8) is 0 Å². The van der Waals surface area contributed by atoms with Crippen LogP contribution in [0.15, 0.2) is 48.5 Å². The molecule has 0 heterocycles. The summed E-state index contributed by atoms with van der Waals surface area (Å²) in [5, 5.41) is 2.62. The maximum Gasteiger partial charge on any atom is 2.00 e. The molecule has 15 N–H and O–H groups in total. The van der Waals surface area contributed by atoms with Crippen LogP contribution in [0.4, 0.5) is 26.3 Å². The molecule has 11 nitrogen and oxygen atoms in total. The molecule has 2 aromatic rings. The zero-order valence-corrected chi connectivity index (χ0v) is 20.2. The third-order valence-corrected chi connectivity index (χ3v) is 3.36. The molecule has 0 saturated carbocycles. The number of fused-ring (bicyclic) bond motifs is 1. The zero-order valence-electron chi connectivity index (χ0n) is 16.0. The minimum Gasteiger partial charge on any atom is -0.741 e. The van der Waals surface area contributed by atoms with E-state index in [0.29, 0.717) is 0 Å². The first-order chi connectivity index (χ1) is 11.5. The second kappa shape index (κ2) is 18.0. The Bertz CT molecular complexity index is 838. The van der Waals surface area contributed by atoms with Crippen molar-refractivity contribution in [3.05, 3.63) is 48.5 Å². The van der Waals surface area contributed by atoms with Gasteiger partial charge in [0.05, 0.1) is 0 Å². The summed E-state index contributed by atoms with van der Waals surface area (Å²) in [5.74, 6) is 0. The summed E-state index contributed by atoms with van der Waals surface area (Å²) >= 11 is 0. The Morgan fingerprint density at radius 2 is 0.656 bits per heavy atom. The number of alkyl halides is 6. The van der Waals surface area contributed by atoms with E-state index in [-0.39, 0.29) is 50.5 Å². The molecule has 0 amide bonds. The third kappa shape index (κ3) is 18.1. The first-order valence-electron chi connectivity index (χ1n) is 5.95. The molecule has 0 aliphatic heterocycles. The smallest absolute Gasteiger partial charge is 0.741 e. The van der Waals surface area contributed by atoms with Crippen LogP contribution in [-0.2, 0) is 40.0 Å². The predicted octanol–water partition coefficient (Wildman–Crippen LogP) is 3.75. The van der Waals surface area contributed by atoms with Gasteiger partial charge in [0.1, 0.15) is 0 Å². The Kier molecular flexibility index (Phi) is 27.1. The van der Waals surface area contributed by atoms with Gasteiger partial charge in [-0.1, -0.05) is 48.5 Å². The van der Waals surface area contributed by atoms with E-state index < -0.39 is 31.3 Å². The first kappa shape index (κ1) is 48.1. The van der Waals surface area contributed by atoms with Gasteiger partial charge < -0.3 is 39.9 Å². The van der Waals surface area contributed by atoms with E-state index in [1.165, 1.54) is 10.8 Å². The van der Waals surface area contributed by atoms with Crippen molar-refractivity contribution in [2.75, 3.05) is 0 Å². The molecule has 32 heavy (non-hydrogen) atoms. The fraction of sp³-hybridized carbons (Fsp3) is 0.167. The minimum absolute atomic E-state index is 0. The zero-order chi connectivity index (χ0) is 20.8. The van der Waals surface area contributed by atoms with Crippen LogP contribution in [0.3, 0.4) is 0 Å². The van der Waals surface area contributed by atoms with E-state index in [4.69, 9.17) is 25.9 Å². The largest absolute Gasteiger partial charge is 2.00 e. The molecule has 0 radical (unpaired) electrons. The minimum atomic E-state index is -6.09. The maximum atomic E-state index is 10.7. The summed E-state index contributed by atoms with van der Waals surface area (Å²) in [4.78, 5) is 0. The molecular weight excluding hydrogens is 679 g/mol. The van der Waals surface area contributed by atoms with Gasteiger partial charge in [-0.2, -0.15) is 26.3 Å². The summed E-state index contributed by atoms with van der Waals surface area (Å²) < 4.78 is 118. The van der Waals surface area contributed by atoms with Crippen LogP contribution in [0.2, 0.25) is 0 Å². The van der Waals surface area contributed by atoms with Crippen LogP contribution in [-0.4, -0.2) is 37.0 Å². The Balaban J connectivity index is -0.0000000542. The van der Waals surface area contributed by atoms with Crippen LogP contribution in [0.25, 0.3) is 10.8 Å². The molecule has 0 atom stereocenters. The van der Waals surface area contributed by atoms with E-state index in [1.807, 2.05) is 0 Å². The van der Waals surface area contributed by atoms with Gasteiger partial charge in [0, 0.05) is 0 Å². The summed E-state index contributed by atoms with van der Waals surface area (Å²) in [6.07, 6.45) is 0. The van der Waals surface area contributed by atoms with Crippen molar-refractivity contribution < 1.29 is 72.1 Å². The summed E-state index contributed by atoms with van der Waals surface area (Å²) in [6.45, 7) is 0.